The molecule has 2 N–H and O–H groups in total. The van der Waals surface area contributed by atoms with Crippen molar-refractivity contribution >= 4 is 86.0 Å². The van der Waals surface area contributed by atoms with E-state index in [2.05, 4.69) is 126 Å². The molecule has 5 fully saturated rings. The minimum absolute atomic E-state index is 0.0231. The Balaban J connectivity index is 0.000000106. The molecule has 0 bridgehead atoms. The van der Waals surface area contributed by atoms with E-state index in [1.54, 1.807) is 29.8 Å². The second kappa shape index (κ2) is 38.2. The summed E-state index contributed by atoms with van der Waals surface area (Å²) >= 11 is 0. The Hall–Kier alpha value is -14.1. The number of aromatic nitrogens is 7. The number of aliphatic imine (C=N–C) groups is 4. The van der Waals surface area contributed by atoms with Crippen LogP contribution in [0, 0.1) is 23.3 Å². The summed E-state index contributed by atoms with van der Waals surface area (Å²) in [5.74, 6) is 1.66. The Morgan fingerprint density at radius 2 is 0.701 bits per heavy atom. The van der Waals surface area contributed by atoms with Gasteiger partial charge in [0, 0.05) is 259 Å². The standard InChI is InChI=1S/C30H29FN4O.C28H25FN4O2.C28H25FN2O2.C27H24FN3O2/c31-24-4-6-25(7-5-24)35-27-16-23-18-32-17-22(23)15-26(27)29(30(35)20-9-13-36-14-10-20)21-3-8-28(33-19-21)34-11-1-2-12-34;1-17(34)32-26-7-2-19(16-31-26)27-24-12-20-14-30-15-21(20)13-25(24)33(23-5-3-22(29)4-6-23)28(27)18-8-10-35-11-9-18;29-23-5-7-24(8-6-23)31-26-14-22-16-30-15-21(22)13-25(26)27(19-3-1-18(17-32)2-4-19)28(31)20-9-11-33-12-10-20;1-30-16-18(2-7-25(30)32)26-23-12-19-14-29-15-20(19)13-24(23)31(22-5-3-21(28)4-6-22)27(26)17-8-10-33-11-9-17/h3-8,15-16,18-20H,1-2,9-14,17H2;2-7,12-13,15-16,18H,8-11,14H2,1H3,(H,31,32,34);1-8,13-14,16,20,32H,9-12,15,17H2;2-7,12-13,15-17H,8-11,14H2,1H3. The zero-order valence-electron chi connectivity index (χ0n) is 76.4. The number of anilines is 2. The number of pyridine rings is 3. The molecule has 25 rings (SSSR count). The maximum absolute atomic E-state index is 13.9. The van der Waals surface area contributed by atoms with Crippen LogP contribution in [0.25, 0.3) is 111 Å². The van der Waals surface area contributed by atoms with Gasteiger partial charge >= 0.3 is 0 Å². The van der Waals surface area contributed by atoms with E-state index in [0.29, 0.717) is 70.3 Å². The van der Waals surface area contributed by atoms with Crippen LogP contribution in [0.2, 0.25) is 0 Å². The number of ether oxygens (including phenoxy) is 4. The van der Waals surface area contributed by atoms with Gasteiger partial charge in [-0.1, -0.05) is 24.3 Å². The highest BCUT2D eigenvalue weighted by atomic mass is 19.1. The minimum Gasteiger partial charge on any atom is -0.392 e. The first kappa shape index (κ1) is 88.2. The van der Waals surface area contributed by atoms with E-state index in [-0.39, 0.29) is 53.2 Å². The van der Waals surface area contributed by atoms with E-state index in [1.165, 1.54) is 123 Å². The SMILES string of the molecule is CC(=O)Nc1ccc(-c2c(C3CCOCC3)n(-c3ccc(F)cc3)c3cc4c(cc23)CN=C4)cn1.Cn1cc(-c2c(C3CCOCC3)n(-c3ccc(F)cc3)c3cc4c(cc23)CN=C4)ccc1=O.Fc1ccc(-n2c(C3CCOCC3)c(-c3ccc(N4CCCC4)nc3)c3cc4c(cc32)C=NC4)cc1.OCc1ccc(-c2c(C3CCOCC3)n(-c3ccc(F)cc3)c3cc4c(cc23)CN=C4)cc1. The number of hydrogen-bond acceptors (Lipinski definition) is 14. The van der Waals surface area contributed by atoms with Gasteiger partial charge in [0.05, 0.1) is 54.9 Å². The molecule has 0 spiro atoms. The smallest absolute Gasteiger partial charge is 0.250 e. The van der Waals surface area contributed by atoms with Crippen LogP contribution < -0.4 is 15.8 Å². The number of carbonyl (C=O) groups excluding carboxylic acids is 1. The molecule has 1 amide bonds. The zero-order valence-corrected chi connectivity index (χ0v) is 76.4. The number of halogens is 4. The Morgan fingerprint density at radius 1 is 0.387 bits per heavy atom. The van der Waals surface area contributed by atoms with Gasteiger partial charge in [0.15, 0.2) is 0 Å². The molecule has 9 aromatic carbocycles. The van der Waals surface area contributed by atoms with Gasteiger partial charge in [-0.3, -0.25) is 29.6 Å². The lowest BCUT2D eigenvalue weighted by atomic mass is 9.89. The summed E-state index contributed by atoms with van der Waals surface area (Å²) in [6.07, 6.45) is 23.5. The second-order valence-electron chi connectivity index (χ2n) is 36.9. The average Bonchev–Trinajstić information content (AvgIpc) is 1.59. The fourth-order valence-electron chi connectivity index (χ4n) is 21.8. The third-order valence-corrected chi connectivity index (χ3v) is 28.4. The molecular weight excluding hydrogens is 1730 g/mol. The highest BCUT2D eigenvalue weighted by molar-refractivity contribution is 6.08. The molecule has 0 radical (unpaired) electrons. The number of aliphatic hydroxyl groups is 1. The van der Waals surface area contributed by atoms with Gasteiger partial charge in [0.2, 0.25) is 11.5 Å². The summed E-state index contributed by atoms with van der Waals surface area (Å²) in [6, 6.07) is 64.9. The van der Waals surface area contributed by atoms with Crippen molar-refractivity contribution in [1.82, 2.24) is 32.8 Å². The maximum atomic E-state index is 13.9. The number of aryl methyl sites for hydroxylation is 1. The number of nitrogens with one attached hydrogen (secondary N) is 1. The van der Waals surface area contributed by atoms with E-state index in [1.807, 2.05) is 122 Å². The van der Waals surface area contributed by atoms with Gasteiger partial charge in [-0.25, -0.2) is 27.5 Å². The number of amides is 1. The highest BCUT2D eigenvalue weighted by Crippen LogP contribution is 2.51. The first-order valence-electron chi connectivity index (χ1n) is 47.7. The van der Waals surface area contributed by atoms with Gasteiger partial charge in [-0.15, -0.1) is 0 Å². The van der Waals surface area contributed by atoms with Crippen molar-refractivity contribution < 1.29 is 46.4 Å². The number of fused-ring (bicyclic) bond motifs is 8. The number of benzene rings is 9. The summed E-state index contributed by atoms with van der Waals surface area (Å²) in [5.41, 5.74) is 32.2. The third kappa shape index (κ3) is 17.3. The lowest BCUT2D eigenvalue weighted by Gasteiger charge is -2.26. The molecule has 0 aliphatic carbocycles. The maximum Gasteiger partial charge on any atom is 0.250 e. The van der Waals surface area contributed by atoms with Gasteiger partial charge in [-0.05, 0) is 296 Å². The van der Waals surface area contributed by atoms with Crippen molar-refractivity contribution in [3.05, 3.63) is 331 Å². The molecule has 5 saturated heterocycles. The molecule has 20 nitrogen and oxygen atoms in total. The molecule has 0 atom stereocenters. The summed E-state index contributed by atoms with van der Waals surface area (Å²) in [6.45, 7) is 12.2. The number of hydrogen-bond donors (Lipinski definition) is 2. The summed E-state index contributed by atoms with van der Waals surface area (Å²) in [5, 5.41) is 16.9. The second-order valence-corrected chi connectivity index (χ2v) is 36.9. The molecule has 9 aliphatic rings. The Bertz CT molecular complexity index is 7480. The van der Waals surface area contributed by atoms with E-state index in [0.717, 1.165) is 213 Å². The fourth-order valence-corrected chi connectivity index (χ4v) is 21.8. The van der Waals surface area contributed by atoms with Gasteiger partial charge in [0.25, 0.3) is 0 Å². The van der Waals surface area contributed by atoms with Crippen molar-refractivity contribution in [2.45, 2.75) is 128 Å². The van der Waals surface area contributed by atoms with Crippen molar-refractivity contribution in [3.8, 4) is 67.3 Å². The van der Waals surface area contributed by atoms with Gasteiger partial charge in [-0.2, -0.15) is 0 Å². The number of aliphatic hydroxyl groups excluding tert-OH is 1. The van der Waals surface area contributed by atoms with Crippen molar-refractivity contribution in [1.29, 1.82) is 0 Å². The number of carbonyl (C=O) groups is 1. The fraction of sp³-hybridized carbons (Fsp3) is 0.274. The van der Waals surface area contributed by atoms with Crippen LogP contribution in [0.5, 0.6) is 0 Å². The van der Waals surface area contributed by atoms with Gasteiger partial charge in [0.1, 0.15) is 34.9 Å². The number of nitrogens with zero attached hydrogens (tertiary/aromatic N) is 12. The average molecular weight is 1830 g/mol. The van der Waals surface area contributed by atoms with E-state index < -0.39 is 0 Å². The number of rotatable bonds is 15. The van der Waals surface area contributed by atoms with Crippen molar-refractivity contribution in [3.63, 3.8) is 0 Å². The van der Waals surface area contributed by atoms with E-state index >= 15 is 0 Å². The minimum atomic E-state index is -0.260. The molecular formula is C113H103F4N13O7. The highest BCUT2D eigenvalue weighted by Gasteiger charge is 2.36. The monoisotopic (exact) mass is 1830 g/mol. The molecule has 9 aliphatic heterocycles. The summed E-state index contributed by atoms with van der Waals surface area (Å²) < 4.78 is 89.1. The van der Waals surface area contributed by atoms with Crippen molar-refractivity contribution in [2.75, 3.05) is 76.2 Å². The van der Waals surface area contributed by atoms with Crippen LogP contribution in [0.1, 0.15) is 168 Å². The van der Waals surface area contributed by atoms with E-state index in [9.17, 15) is 32.3 Å². The van der Waals surface area contributed by atoms with Crippen LogP contribution in [0.3, 0.4) is 0 Å². The first-order valence-corrected chi connectivity index (χ1v) is 47.7. The summed E-state index contributed by atoms with van der Waals surface area (Å²) in [4.78, 5) is 53.4. The van der Waals surface area contributed by atoms with Crippen LogP contribution in [-0.4, -0.2) is 135 Å². The third-order valence-electron chi connectivity index (χ3n) is 28.4. The Labute approximate surface area is 790 Å². The van der Waals surface area contributed by atoms with Crippen LogP contribution in [-0.2, 0) is 63.6 Å². The Kier molecular flexibility index (Phi) is 24.6. The Morgan fingerprint density at radius 3 is 1.01 bits per heavy atom. The predicted molar refractivity (Wildman–Crippen MR) is 534 cm³/mol. The first-order chi connectivity index (χ1) is 67.2. The van der Waals surface area contributed by atoms with Crippen LogP contribution in [0.15, 0.2) is 250 Å². The zero-order chi connectivity index (χ0) is 92.9. The van der Waals surface area contributed by atoms with Crippen LogP contribution in [0.4, 0.5) is 29.2 Å². The van der Waals surface area contributed by atoms with E-state index in [4.69, 9.17) is 23.9 Å². The predicted octanol–water partition coefficient (Wildman–Crippen LogP) is 22.6. The normalized spacial score (nSPS) is 16.3. The van der Waals surface area contributed by atoms with Crippen molar-refractivity contribution in [2.24, 2.45) is 27.0 Å². The topological polar surface area (TPSA) is 206 Å². The largest absolute Gasteiger partial charge is 0.392 e. The molecule has 0 unspecified atom stereocenters. The quantitative estimate of drug-likeness (QED) is 0.0929. The summed E-state index contributed by atoms with van der Waals surface area (Å²) in [7, 11) is 1.78. The lowest BCUT2D eigenvalue weighted by Crippen LogP contribution is -2.19. The van der Waals surface area contributed by atoms with Crippen LogP contribution >= 0.6 is 0 Å². The van der Waals surface area contributed by atoms with Gasteiger partial charge < -0.3 is 57.1 Å². The molecule has 137 heavy (non-hydrogen) atoms. The molecule has 24 heteroatoms. The molecule has 7 aromatic heterocycles. The molecule has 16 aromatic rings. The molecule has 0 saturated carbocycles. The lowest BCUT2D eigenvalue weighted by molar-refractivity contribution is -0.114. The molecule has 690 valence electrons. The molecule has 16 heterocycles.